The summed E-state index contributed by atoms with van der Waals surface area (Å²) in [7, 11) is 1.59. The number of hydrogen-bond acceptors (Lipinski definition) is 5. The minimum absolute atomic E-state index is 0.139. The highest BCUT2D eigenvalue weighted by molar-refractivity contribution is 5.94. The quantitative estimate of drug-likeness (QED) is 0.513. The normalized spacial score (nSPS) is 10.7. The first kappa shape index (κ1) is 18.7. The molecule has 0 bridgehead atoms. The Balaban J connectivity index is 1.64. The molecule has 0 saturated carbocycles. The largest absolute Gasteiger partial charge is 0.489 e. The van der Waals surface area contributed by atoms with E-state index in [1.165, 1.54) is 6.07 Å². The Morgan fingerprint density at radius 2 is 1.89 bits per heavy atom. The standard InChI is InChI=1S/C21H21NO5/c1-14-11-20(23)27-19-12-17(7-8-18(14)19)26-13-15-3-5-16(6-4-15)21(24)22-9-10-25-2/h3-8,11-12H,9-10,13H2,1-2H3,(H,22,24). The van der Waals surface area contributed by atoms with Gasteiger partial charge in [0.1, 0.15) is 17.9 Å². The Morgan fingerprint density at radius 1 is 1.11 bits per heavy atom. The lowest BCUT2D eigenvalue weighted by Crippen LogP contribution is -2.26. The van der Waals surface area contributed by atoms with E-state index in [1.54, 1.807) is 25.3 Å². The zero-order chi connectivity index (χ0) is 19.2. The van der Waals surface area contributed by atoms with Crippen LogP contribution < -0.4 is 15.7 Å². The van der Waals surface area contributed by atoms with Gasteiger partial charge in [-0.15, -0.1) is 0 Å². The summed E-state index contributed by atoms with van der Waals surface area (Å²) >= 11 is 0. The van der Waals surface area contributed by atoms with Gasteiger partial charge in [-0.3, -0.25) is 4.79 Å². The van der Waals surface area contributed by atoms with Crippen LogP contribution >= 0.6 is 0 Å². The third-order valence-corrected chi connectivity index (χ3v) is 4.14. The molecule has 0 aliphatic heterocycles. The Kier molecular flexibility index (Phi) is 5.88. The van der Waals surface area contributed by atoms with E-state index in [-0.39, 0.29) is 11.5 Å². The summed E-state index contributed by atoms with van der Waals surface area (Å²) in [6.07, 6.45) is 0. The lowest BCUT2D eigenvalue weighted by molar-refractivity contribution is 0.0937. The van der Waals surface area contributed by atoms with Gasteiger partial charge in [-0.1, -0.05) is 12.1 Å². The molecule has 0 atom stereocenters. The highest BCUT2D eigenvalue weighted by Crippen LogP contribution is 2.23. The molecule has 0 spiro atoms. The van der Waals surface area contributed by atoms with Crippen LogP contribution in [0.15, 0.2) is 57.7 Å². The van der Waals surface area contributed by atoms with Gasteiger partial charge < -0.3 is 19.2 Å². The summed E-state index contributed by atoms with van der Waals surface area (Å²) in [6, 6.07) is 14.1. The van der Waals surface area contributed by atoms with Gasteiger partial charge in [0.15, 0.2) is 0 Å². The van der Waals surface area contributed by atoms with E-state index in [0.717, 1.165) is 16.5 Å². The number of hydrogen-bond donors (Lipinski definition) is 1. The van der Waals surface area contributed by atoms with Gasteiger partial charge in [-0.05, 0) is 42.3 Å². The van der Waals surface area contributed by atoms with Gasteiger partial charge in [0.25, 0.3) is 5.91 Å². The van der Waals surface area contributed by atoms with E-state index in [0.29, 0.717) is 36.7 Å². The van der Waals surface area contributed by atoms with Crippen molar-refractivity contribution in [2.75, 3.05) is 20.3 Å². The van der Waals surface area contributed by atoms with E-state index in [2.05, 4.69) is 5.32 Å². The summed E-state index contributed by atoms with van der Waals surface area (Å²) in [4.78, 5) is 23.5. The first-order valence-corrected chi connectivity index (χ1v) is 8.60. The molecule has 27 heavy (non-hydrogen) atoms. The van der Waals surface area contributed by atoms with Gasteiger partial charge in [-0.25, -0.2) is 4.79 Å². The maximum Gasteiger partial charge on any atom is 0.336 e. The van der Waals surface area contributed by atoms with Crippen molar-refractivity contribution >= 4 is 16.9 Å². The number of fused-ring (bicyclic) bond motifs is 1. The Bertz CT molecular complexity index is 992. The van der Waals surface area contributed by atoms with Gasteiger partial charge in [0.05, 0.1) is 6.61 Å². The van der Waals surface area contributed by atoms with Gasteiger partial charge >= 0.3 is 5.63 Å². The van der Waals surface area contributed by atoms with E-state index < -0.39 is 0 Å². The molecule has 1 N–H and O–H groups in total. The molecule has 6 nitrogen and oxygen atoms in total. The molecule has 140 valence electrons. The van der Waals surface area contributed by atoms with Crippen molar-refractivity contribution in [1.82, 2.24) is 5.32 Å². The summed E-state index contributed by atoms with van der Waals surface area (Å²) in [5, 5.41) is 3.65. The maximum atomic E-state index is 12.0. The number of aryl methyl sites for hydroxylation is 1. The number of ether oxygens (including phenoxy) is 2. The first-order valence-electron chi connectivity index (χ1n) is 8.60. The molecule has 0 radical (unpaired) electrons. The fourth-order valence-corrected chi connectivity index (χ4v) is 2.68. The molecular weight excluding hydrogens is 346 g/mol. The molecule has 0 aliphatic rings. The number of amides is 1. The molecule has 1 heterocycles. The van der Waals surface area contributed by atoms with E-state index >= 15 is 0 Å². The summed E-state index contributed by atoms with van der Waals surface area (Å²) in [5.41, 5.74) is 2.50. The molecule has 0 unspecified atom stereocenters. The van der Waals surface area contributed by atoms with Gasteiger partial charge in [-0.2, -0.15) is 0 Å². The second-order valence-corrected chi connectivity index (χ2v) is 6.14. The number of carbonyl (C=O) groups is 1. The number of methoxy groups -OCH3 is 1. The monoisotopic (exact) mass is 367 g/mol. The van der Waals surface area contributed by atoms with Crippen LogP contribution in [0, 0.1) is 6.92 Å². The van der Waals surface area contributed by atoms with Crippen molar-refractivity contribution in [3.63, 3.8) is 0 Å². The summed E-state index contributed by atoms with van der Waals surface area (Å²) in [6.45, 7) is 3.15. The highest BCUT2D eigenvalue weighted by atomic mass is 16.5. The predicted molar refractivity (Wildman–Crippen MR) is 102 cm³/mol. The van der Waals surface area contributed by atoms with E-state index in [4.69, 9.17) is 13.9 Å². The van der Waals surface area contributed by atoms with Crippen molar-refractivity contribution in [3.8, 4) is 5.75 Å². The van der Waals surface area contributed by atoms with Gasteiger partial charge in [0, 0.05) is 36.7 Å². The average Bonchev–Trinajstić information content (AvgIpc) is 2.66. The molecule has 6 heteroatoms. The van der Waals surface area contributed by atoms with Crippen LogP contribution in [0.3, 0.4) is 0 Å². The molecule has 0 aliphatic carbocycles. The molecule has 0 fully saturated rings. The van der Waals surface area contributed by atoms with Gasteiger partial charge in [0.2, 0.25) is 0 Å². The third-order valence-electron chi connectivity index (χ3n) is 4.14. The van der Waals surface area contributed by atoms with Crippen LogP contribution in [0.5, 0.6) is 5.75 Å². The molecule has 0 saturated heterocycles. The van der Waals surface area contributed by atoms with Crippen molar-refractivity contribution in [2.24, 2.45) is 0 Å². The maximum absolute atomic E-state index is 12.0. The number of benzene rings is 2. The lowest BCUT2D eigenvalue weighted by Gasteiger charge is -2.09. The Morgan fingerprint density at radius 3 is 2.63 bits per heavy atom. The SMILES string of the molecule is COCCNC(=O)c1ccc(COc2ccc3c(C)cc(=O)oc3c2)cc1. The first-order chi connectivity index (χ1) is 13.1. The fraction of sp³-hybridized carbons (Fsp3) is 0.238. The van der Waals surface area contributed by atoms with E-state index in [1.807, 2.05) is 31.2 Å². The van der Waals surface area contributed by atoms with E-state index in [9.17, 15) is 9.59 Å². The second-order valence-electron chi connectivity index (χ2n) is 6.14. The molecule has 1 amide bonds. The Labute approximate surface area is 156 Å². The third kappa shape index (κ3) is 4.74. The topological polar surface area (TPSA) is 77.8 Å². The second kappa shape index (κ2) is 8.51. The minimum Gasteiger partial charge on any atom is -0.489 e. The van der Waals surface area contributed by atoms with Crippen molar-refractivity contribution in [2.45, 2.75) is 13.5 Å². The van der Waals surface area contributed by atoms with Crippen LogP contribution in [-0.4, -0.2) is 26.2 Å². The number of nitrogens with one attached hydrogen (secondary N) is 1. The number of carbonyl (C=O) groups excluding carboxylic acids is 1. The summed E-state index contributed by atoms with van der Waals surface area (Å²) < 4.78 is 15.9. The predicted octanol–water partition coefficient (Wildman–Crippen LogP) is 3.06. The van der Waals surface area contributed by atoms with Crippen molar-refractivity contribution in [3.05, 3.63) is 75.6 Å². The van der Waals surface area contributed by atoms with Crippen LogP contribution in [0.4, 0.5) is 0 Å². The molecule has 2 aromatic carbocycles. The zero-order valence-corrected chi connectivity index (χ0v) is 15.3. The molecule has 3 rings (SSSR count). The lowest BCUT2D eigenvalue weighted by atomic mass is 10.1. The highest BCUT2D eigenvalue weighted by Gasteiger charge is 2.06. The van der Waals surface area contributed by atoms with Crippen LogP contribution in [-0.2, 0) is 11.3 Å². The van der Waals surface area contributed by atoms with Crippen LogP contribution in [0.1, 0.15) is 21.5 Å². The number of rotatable bonds is 7. The minimum atomic E-state index is -0.378. The zero-order valence-electron chi connectivity index (χ0n) is 15.3. The average molecular weight is 367 g/mol. The molecule has 1 aromatic heterocycles. The smallest absolute Gasteiger partial charge is 0.336 e. The molecule has 3 aromatic rings. The summed E-state index contributed by atoms with van der Waals surface area (Å²) in [5.74, 6) is 0.470. The van der Waals surface area contributed by atoms with Crippen molar-refractivity contribution < 1.29 is 18.7 Å². The van der Waals surface area contributed by atoms with Crippen LogP contribution in [0.25, 0.3) is 11.0 Å². The van der Waals surface area contributed by atoms with Crippen molar-refractivity contribution in [1.29, 1.82) is 0 Å². The fourth-order valence-electron chi connectivity index (χ4n) is 2.68. The Hall–Kier alpha value is -3.12. The molecular formula is C21H21NO5. The van der Waals surface area contributed by atoms with Crippen LogP contribution in [0.2, 0.25) is 0 Å².